The molecule has 0 amide bonds. The number of phosphoric ester groups is 1. The van der Waals surface area contributed by atoms with Gasteiger partial charge in [-0.15, -0.1) is 0 Å². The minimum Gasteiger partial charge on any atom is -0.462 e. The molecule has 0 bridgehead atoms. The van der Waals surface area contributed by atoms with Crippen LogP contribution < -0.4 is 0 Å². The van der Waals surface area contributed by atoms with Crippen molar-refractivity contribution in [3.63, 3.8) is 0 Å². The number of hydrogen-bond donors (Lipinski definition) is 9. The second-order valence-corrected chi connectivity index (χ2v) is 21.1. The van der Waals surface area contributed by atoms with Crippen LogP contribution in [0.15, 0.2) is 0 Å². The van der Waals surface area contributed by atoms with Crippen LogP contribution in [-0.4, -0.2) is 151 Å². The summed E-state index contributed by atoms with van der Waals surface area (Å²) in [5.74, 6) is -0.470. The summed E-state index contributed by atoms with van der Waals surface area (Å²) in [6.45, 7) is 4.59. The number of esters is 2. The van der Waals surface area contributed by atoms with Gasteiger partial charge in [-0.25, -0.2) is 4.57 Å². The molecule has 0 aromatic rings. The third kappa shape index (κ3) is 26.4. The van der Waals surface area contributed by atoms with Crippen LogP contribution in [0.1, 0.15) is 207 Å². The molecule has 0 spiro atoms. The van der Waals surface area contributed by atoms with Gasteiger partial charge in [0, 0.05) is 12.8 Å². The predicted octanol–water partition coefficient (Wildman–Crippen LogP) is 6.57. The Bertz CT molecular complexity index is 1360. The molecule has 0 aromatic carbocycles. The van der Waals surface area contributed by atoms with E-state index >= 15 is 0 Å². The third-order valence-electron chi connectivity index (χ3n) is 13.5. The zero-order valence-electron chi connectivity index (χ0n) is 42.3. The first-order chi connectivity index (χ1) is 33.1. The van der Waals surface area contributed by atoms with Gasteiger partial charge in [0.25, 0.3) is 0 Å². The number of carbonyl (C=O) groups is 2. The highest BCUT2D eigenvalue weighted by atomic mass is 31.2. The average Bonchev–Trinajstić information content (AvgIpc) is 3.32. The predicted molar refractivity (Wildman–Crippen MR) is 259 cm³/mol. The van der Waals surface area contributed by atoms with Crippen LogP contribution in [0.5, 0.6) is 0 Å². The minimum atomic E-state index is -5.37. The highest BCUT2D eigenvalue weighted by Crippen LogP contribution is 2.48. The Labute approximate surface area is 412 Å². The molecule has 0 radical (unpaired) electrons. The summed E-state index contributed by atoms with van der Waals surface area (Å²) in [4.78, 5) is 36.6. The van der Waals surface area contributed by atoms with E-state index in [0.29, 0.717) is 12.8 Å². The molecule has 1 aliphatic carbocycles. The second kappa shape index (κ2) is 37.4. The first kappa shape index (κ1) is 63.8. The van der Waals surface area contributed by atoms with Crippen LogP contribution >= 0.6 is 7.82 Å². The average molecular weight is 1020 g/mol. The van der Waals surface area contributed by atoms with Crippen molar-refractivity contribution in [1.29, 1.82) is 0 Å². The number of phosphoric acid groups is 1. The molecule has 1 saturated heterocycles. The van der Waals surface area contributed by atoms with Gasteiger partial charge in [0.2, 0.25) is 0 Å². The van der Waals surface area contributed by atoms with Gasteiger partial charge in [0.15, 0.2) is 12.4 Å². The molecule has 14 atom stereocenters. The maximum atomic E-state index is 13.4. The molecule has 2 fully saturated rings. The number of aliphatic hydroxyl groups excluding tert-OH is 8. The monoisotopic (exact) mass is 1010 g/mol. The number of carbonyl (C=O) groups excluding carboxylic acids is 2. The van der Waals surface area contributed by atoms with Gasteiger partial charge < -0.3 is 64.7 Å². The first-order valence-corrected chi connectivity index (χ1v) is 28.2. The Balaban J connectivity index is 1.93. The Morgan fingerprint density at radius 1 is 0.536 bits per heavy atom. The second-order valence-electron chi connectivity index (χ2n) is 19.7. The smallest absolute Gasteiger partial charge is 0.462 e. The van der Waals surface area contributed by atoms with Crippen molar-refractivity contribution in [2.24, 2.45) is 5.92 Å². The first-order valence-electron chi connectivity index (χ1n) is 26.8. The number of unbranched alkanes of at least 4 members (excludes halogenated alkanes) is 22. The summed E-state index contributed by atoms with van der Waals surface area (Å²) in [7, 11) is -5.37. The number of hydrogen-bond acceptors (Lipinski definition) is 17. The van der Waals surface area contributed by atoms with Gasteiger partial charge in [-0.3, -0.25) is 18.6 Å². The lowest BCUT2D eigenvalue weighted by molar-refractivity contribution is -0.338. The van der Waals surface area contributed by atoms with E-state index in [4.69, 9.17) is 28.0 Å². The maximum Gasteiger partial charge on any atom is 0.472 e. The number of aliphatic hydroxyl groups is 8. The molecule has 1 aliphatic heterocycles. The molecule has 9 N–H and O–H groups in total. The molecule has 2 aliphatic rings. The Kier molecular flexibility index (Phi) is 34.6. The molecule has 19 heteroatoms. The summed E-state index contributed by atoms with van der Waals surface area (Å²) in [5, 5.41) is 83.0. The van der Waals surface area contributed by atoms with Crippen molar-refractivity contribution in [2.45, 2.75) is 280 Å². The van der Waals surface area contributed by atoms with Crippen LogP contribution in [-0.2, 0) is 42.1 Å². The molecule has 14 unspecified atom stereocenters. The van der Waals surface area contributed by atoms with Gasteiger partial charge in [0.05, 0.1) is 13.2 Å². The Morgan fingerprint density at radius 3 is 1.43 bits per heavy atom. The van der Waals surface area contributed by atoms with Gasteiger partial charge in [0.1, 0.15) is 67.6 Å². The Morgan fingerprint density at radius 2 is 0.957 bits per heavy atom. The van der Waals surface area contributed by atoms with Crippen LogP contribution in [0.4, 0.5) is 0 Å². The summed E-state index contributed by atoms with van der Waals surface area (Å²) < 4.78 is 45.5. The maximum absolute atomic E-state index is 13.4. The summed E-state index contributed by atoms with van der Waals surface area (Å²) in [6, 6.07) is 0. The van der Waals surface area contributed by atoms with E-state index in [1.165, 1.54) is 109 Å². The van der Waals surface area contributed by atoms with Crippen molar-refractivity contribution in [2.75, 3.05) is 19.8 Å². The van der Waals surface area contributed by atoms with E-state index in [9.17, 15) is 59.9 Å². The fourth-order valence-electron chi connectivity index (χ4n) is 8.95. The summed E-state index contributed by atoms with van der Waals surface area (Å²) in [6.07, 6.45) is 7.53. The van der Waals surface area contributed by atoms with E-state index < -0.39 is 113 Å². The van der Waals surface area contributed by atoms with Gasteiger partial charge in [-0.2, -0.15) is 0 Å². The quantitative estimate of drug-likeness (QED) is 0.0178. The zero-order valence-corrected chi connectivity index (χ0v) is 43.2. The largest absolute Gasteiger partial charge is 0.472 e. The lowest BCUT2D eigenvalue weighted by Crippen LogP contribution is -2.67. The van der Waals surface area contributed by atoms with Gasteiger partial charge in [-0.1, -0.05) is 181 Å². The van der Waals surface area contributed by atoms with Crippen molar-refractivity contribution in [1.82, 2.24) is 0 Å². The lowest BCUT2D eigenvalue weighted by Gasteiger charge is -2.47. The SMILES string of the molecule is CCCCCCCCCCCCCCCC(=O)OC(COC(=O)CCCCCCCCC(C)CCCCCCCC)COP(=O)(O)OC1C(O)C(O)C(O)C(O)C1OC1OC(CO)C(O)C(O)C1O. The van der Waals surface area contributed by atoms with Crippen molar-refractivity contribution in [3.8, 4) is 0 Å². The van der Waals surface area contributed by atoms with Crippen LogP contribution in [0.3, 0.4) is 0 Å². The van der Waals surface area contributed by atoms with Crippen LogP contribution in [0, 0.1) is 5.92 Å². The van der Waals surface area contributed by atoms with E-state index in [1.807, 2.05) is 0 Å². The molecule has 1 saturated carbocycles. The molecule has 0 aromatic heterocycles. The summed E-state index contributed by atoms with van der Waals surface area (Å²) >= 11 is 0. The Hall–Kier alpha value is -1.35. The molecule has 1 heterocycles. The van der Waals surface area contributed by atoms with Crippen LogP contribution in [0.25, 0.3) is 0 Å². The third-order valence-corrected chi connectivity index (χ3v) is 14.4. The molecule has 69 heavy (non-hydrogen) atoms. The molecule has 2 rings (SSSR count). The van der Waals surface area contributed by atoms with Crippen molar-refractivity contribution >= 4 is 19.8 Å². The number of ether oxygens (including phenoxy) is 4. The number of rotatable bonds is 41. The van der Waals surface area contributed by atoms with Crippen molar-refractivity contribution in [3.05, 3.63) is 0 Å². The van der Waals surface area contributed by atoms with E-state index in [-0.39, 0.29) is 12.8 Å². The zero-order chi connectivity index (χ0) is 51.0. The van der Waals surface area contributed by atoms with Gasteiger partial charge >= 0.3 is 19.8 Å². The highest BCUT2D eigenvalue weighted by Gasteiger charge is 2.55. The van der Waals surface area contributed by atoms with E-state index in [2.05, 4.69) is 20.8 Å². The van der Waals surface area contributed by atoms with E-state index in [0.717, 1.165) is 57.3 Å². The van der Waals surface area contributed by atoms with Crippen molar-refractivity contribution < 1.29 is 87.9 Å². The summed E-state index contributed by atoms with van der Waals surface area (Å²) in [5.41, 5.74) is 0. The minimum absolute atomic E-state index is 0.0386. The van der Waals surface area contributed by atoms with Gasteiger partial charge in [-0.05, 0) is 18.8 Å². The molecule has 408 valence electrons. The van der Waals surface area contributed by atoms with Crippen LogP contribution in [0.2, 0.25) is 0 Å². The fraction of sp³-hybridized carbons (Fsp3) is 0.960. The molecule has 18 nitrogen and oxygen atoms in total. The highest BCUT2D eigenvalue weighted by molar-refractivity contribution is 7.47. The molecular formula is C50H95O18P. The molecular weight excluding hydrogens is 920 g/mol. The fourth-order valence-corrected chi connectivity index (χ4v) is 9.92. The lowest BCUT2D eigenvalue weighted by atomic mass is 9.84. The standard InChI is InChI=1S/C50H95O18P/c1-4-6-8-10-12-13-14-15-16-17-18-24-28-32-40(53)65-37(34-63-39(52)31-27-23-20-19-22-26-30-36(3)29-25-21-11-9-7-5-2)35-64-69(61,62)68-49-46(59)44(57)43(56)45(58)48(49)67-50-47(60)42(55)41(54)38(33-51)66-50/h36-38,41-51,54-60H,4-35H2,1-3H3,(H,61,62). The normalized spacial score (nSPS) is 28.0. The topological polar surface area (TPSA) is 289 Å². The van der Waals surface area contributed by atoms with E-state index in [1.54, 1.807) is 0 Å².